The monoisotopic (exact) mass is 380 g/mol. The summed E-state index contributed by atoms with van der Waals surface area (Å²) in [5, 5.41) is 0. The number of hydrogen-bond donors (Lipinski definition) is 1. The highest BCUT2D eigenvalue weighted by Gasteiger charge is 2.24. The topological polar surface area (TPSA) is 100 Å². The number of methoxy groups -OCH3 is 1. The van der Waals surface area contributed by atoms with Crippen LogP contribution in [0.1, 0.15) is 22.3 Å². The van der Waals surface area contributed by atoms with Crippen LogP contribution in [-0.2, 0) is 14.3 Å². The van der Waals surface area contributed by atoms with E-state index < -0.39 is 11.9 Å². The zero-order chi connectivity index (χ0) is 20.3. The summed E-state index contributed by atoms with van der Waals surface area (Å²) in [6.45, 7) is 3.74. The zero-order valence-corrected chi connectivity index (χ0v) is 15.8. The summed E-state index contributed by atoms with van der Waals surface area (Å²) in [6.07, 6.45) is 1.59. The van der Waals surface area contributed by atoms with Crippen molar-refractivity contribution < 1.29 is 23.8 Å². The number of esters is 1. The predicted molar refractivity (Wildman–Crippen MR) is 104 cm³/mol. The van der Waals surface area contributed by atoms with Crippen molar-refractivity contribution in [3.05, 3.63) is 64.3 Å². The molecule has 1 heterocycles. The fourth-order valence-electron chi connectivity index (χ4n) is 2.61. The average Bonchev–Trinajstić information content (AvgIpc) is 3.03. The standard InChI is InChI=1S/C21H20N2O5/c1-12-4-6-15(8-13(12)2)20-23-16(21(25)28-20)9-14-5-7-17(18(10-14)26-3)27-11-19(22)24/h4-10H,11H2,1-3H3,(H2,22,24)/b16-9-. The van der Waals surface area contributed by atoms with E-state index in [9.17, 15) is 9.59 Å². The highest BCUT2D eigenvalue weighted by Crippen LogP contribution is 2.30. The summed E-state index contributed by atoms with van der Waals surface area (Å²) in [5.74, 6) is -0.0683. The zero-order valence-electron chi connectivity index (χ0n) is 15.8. The number of hydrogen-bond acceptors (Lipinski definition) is 6. The molecule has 0 saturated heterocycles. The molecule has 1 amide bonds. The molecule has 144 valence electrons. The largest absolute Gasteiger partial charge is 0.493 e. The lowest BCUT2D eigenvalue weighted by Crippen LogP contribution is -2.20. The Morgan fingerprint density at radius 3 is 2.61 bits per heavy atom. The molecule has 0 radical (unpaired) electrons. The predicted octanol–water partition coefficient (Wildman–Crippen LogP) is 2.52. The molecule has 0 bridgehead atoms. The minimum atomic E-state index is -0.588. The molecule has 3 rings (SSSR count). The molecular weight excluding hydrogens is 360 g/mol. The number of benzene rings is 2. The molecule has 2 aromatic carbocycles. The van der Waals surface area contributed by atoms with E-state index in [0.29, 0.717) is 17.1 Å². The first-order valence-electron chi connectivity index (χ1n) is 8.56. The van der Waals surface area contributed by atoms with Gasteiger partial charge in [0.1, 0.15) is 0 Å². The third-order valence-electron chi connectivity index (χ3n) is 4.24. The van der Waals surface area contributed by atoms with Crippen LogP contribution >= 0.6 is 0 Å². The van der Waals surface area contributed by atoms with E-state index in [0.717, 1.165) is 16.7 Å². The molecule has 0 aromatic heterocycles. The number of primary amides is 1. The van der Waals surface area contributed by atoms with Gasteiger partial charge in [0.2, 0.25) is 5.90 Å². The number of aliphatic imine (C=N–C) groups is 1. The molecule has 2 aromatic rings. The Morgan fingerprint density at radius 1 is 1.14 bits per heavy atom. The Morgan fingerprint density at radius 2 is 1.93 bits per heavy atom. The van der Waals surface area contributed by atoms with Crippen molar-refractivity contribution in [1.82, 2.24) is 0 Å². The van der Waals surface area contributed by atoms with Gasteiger partial charge in [-0.05, 0) is 60.9 Å². The summed E-state index contributed by atoms with van der Waals surface area (Å²) in [4.78, 5) is 27.4. The minimum Gasteiger partial charge on any atom is -0.493 e. The Balaban J connectivity index is 1.87. The van der Waals surface area contributed by atoms with Crippen molar-refractivity contribution in [2.24, 2.45) is 10.7 Å². The van der Waals surface area contributed by atoms with Crippen LogP contribution < -0.4 is 15.2 Å². The van der Waals surface area contributed by atoms with Gasteiger partial charge in [0, 0.05) is 5.56 Å². The van der Waals surface area contributed by atoms with Crippen molar-refractivity contribution in [1.29, 1.82) is 0 Å². The summed E-state index contributed by atoms with van der Waals surface area (Å²) in [6, 6.07) is 10.8. The quantitative estimate of drug-likeness (QED) is 0.613. The van der Waals surface area contributed by atoms with Crippen LogP contribution in [0.3, 0.4) is 0 Å². The van der Waals surface area contributed by atoms with Gasteiger partial charge in [-0.3, -0.25) is 4.79 Å². The molecule has 0 spiro atoms. The number of carbonyl (C=O) groups excluding carboxylic acids is 2. The van der Waals surface area contributed by atoms with E-state index >= 15 is 0 Å². The first kappa shape index (κ1) is 19.2. The lowest BCUT2D eigenvalue weighted by atomic mass is 10.1. The second-order valence-electron chi connectivity index (χ2n) is 6.30. The maximum atomic E-state index is 12.2. The second kappa shape index (κ2) is 7.96. The highest BCUT2D eigenvalue weighted by molar-refractivity contribution is 6.12. The van der Waals surface area contributed by atoms with Gasteiger partial charge in [-0.25, -0.2) is 9.79 Å². The van der Waals surface area contributed by atoms with Gasteiger partial charge in [-0.1, -0.05) is 12.1 Å². The van der Waals surface area contributed by atoms with E-state index in [-0.39, 0.29) is 18.2 Å². The summed E-state index contributed by atoms with van der Waals surface area (Å²) >= 11 is 0. The van der Waals surface area contributed by atoms with Crippen LogP contribution in [0.25, 0.3) is 6.08 Å². The number of ether oxygens (including phenoxy) is 3. The number of carbonyl (C=O) groups is 2. The number of aryl methyl sites for hydroxylation is 2. The van der Waals surface area contributed by atoms with Gasteiger partial charge >= 0.3 is 5.97 Å². The Hall–Kier alpha value is -3.61. The van der Waals surface area contributed by atoms with E-state index in [1.165, 1.54) is 7.11 Å². The van der Waals surface area contributed by atoms with Gasteiger partial charge in [0.05, 0.1) is 7.11 Å². The lowest BCUT2D eigenvalue weighted by molar-refractivity contribution is -0.130. The molecule has 0 unspecified atom stereocenters. The Kier molecular flexibility index (Phi) is 5.44. The van der Waals surface area contributed by atoms with Crippen LogP contribution in [0.5, 0.6) is 11.5 Å². The van der Waals surface area contributed by atoms with Crippen molar-refractivity contribution in [2.45, 2.75) is 13.8 Å². The summed E-state index contributed by atoms with van der Waals surface area (Å²) < 4.78 is 15.9. The fraction of sp³-hybridized carbons (Fsp3) is 0.190. The number of cyclic esters (lactones) is 1. The molecule has 7 heteroatoms. The van der Waals surface area contributed by atoms with Crippen molar-refractivity contribution in [3.63, 3.8) is 0 Å². The number of amides is 1. The van der Waals surface area contributed by atoms with Gasteiger partial charge in [0.25, 0.3) is 5.91 Å². The molecule has 0 aliphatic carbocycles. The van der Waals surface area contributed by atoms with Crippen LogP contribution in [0.2, 0.25) is 0 Å². The highest BCUT2D eigenvalue weighted by atomic mass is 16.6. The third kappa shape index (κ3) is 4.20. The van der Waals surface area contributed by atoms with Gasteiger partial charge in [-0.2, -0.15) is 0 Å². The smallest absolute Gasteiger partial charge is 0.363 e. The van der Waals surface area contributed by atoms with E-state index in [4.69, 9.17) is 19.9 Å². The maximum Gasteiger partial charge on any atom is 0.363 e. The Bertz CT molecular complexity index is 1010. The van der Waals surface area contributed by atoms with Crippen LogP contribution in [0.15, 0.2) is 47.1 Å². The molecule has 28 heavy (non-hydrogen) atoms. The normalized spacial score (nSPS) is 14.6. The number of rotatable bonds is 6. The van der Waals surface area contributed by atoms with Gasteiger partial charge in [0.15, 0.2) is 23.8 Å². The average molecular weight is 380 g/mol. The van der Waals surface area contributed by atoms with Crippen LogP contribution in [0, 0.1) is 13.8 Å². The van der Waals surface area contributed by atoms with Crippen molar-refractivity contribution in [2.75, 3.05) is 13.7 Å². The van der Waals surface area contributed by atoms with E-state index in [2.05, 4.69) is 4.99 Å². The first-order chi connectivity index (χ1) is 13.4. The lowest BCUT2D eigenvalue weighted by Gasteiger charge is -2.09. The number of nitrogens with two attached hydrogens (primary N) is 1. The first-order valence-corrected chi connectivity index (χ1v) is 8.56. The van der Waals surface area contributed by atoms with Crippen LogP contribution in [-0.4, -0.2) is 31.5 Å². The van der Waals surface area contributed by atoms with Crippen molar-refractivity contribution >= 4 is 23.9 Å². The third-order valence-corrected chi connectivity index (χ3v) is 4.24. The molecule has 0 saturated carbocycles. The second-order valence-corrected chi connectivity index (χ2v) is 6.30. The van der Waals surface area contributed by atoms with E-state index in [1.807, 2.05) is 32.0 Å². The van der Waals surface area contributed by atoms with Crippen molar-refractivity contribution in [3.8, 4) is 11.5 Å². The SMILES string of the molecule is COc1cc(/C=C2\N=C(c3ccc(C)c(C)c3)OC2=O)ccc1OCC(N)=O. The minimum absolute atomic E-state index is 0.182. The summed E-state index contributed by atoms with van der Waals surface area (Å²) in [5.41, 5.74) is 8.91. The molecular formula is C21H20N2O5. The summed E-state index contributed by atoms with van der Waals surface area (Å²) in [7, 11) is 1.48. The fourth-order valence-corrected chi connectivity index (χ4v) is 2.61. The Labute approximate surface area is 162 Å². The number of nitrogens with zero attached hydrogens (tertiary/aromatic N) is 1. The van der Waals surface area contributed by atoms with Crippen LogP contribution in [0.4, 0.5) is 0 Å². The van der Waals surface area contributed by atoms with Gasteiger partial charge in [-0.15, -0.1) is 0 Å². The molecule has 1 aliphatic heterocycles. The molecule has 2 N–H and O–H groups in total. The molecule has 1 aliphatic rings. The molecule has 0 fully saturated rings. The molecule has 7 nitrogen and oxygen atoms in total. The molecule has 0 atom stereocenters. The van der Waals surface area contributed by atoms with Gasteiger partial charge < -0.3 is 19.9 Å². The maximum absolute atomic E-state index is 12.2. The van der Waals surface area contributed by atoms with E-state index in [1.54, 1.807) is 24.3 Å².